The summed E-state index contributed by atoms with van der Waals surface area (Å²) in [7, 11) is 0. The van der Waals surface area contributed by atoms with Crippen molar-refractivity contribution in [1.82, 2.24) is 5.32 Å². The molecule has 0 fully saturated rings. The third kappa shape index (κ3) is 4.75. The number of non-ortho nitro benzene ring substituents is 1. The number of carbonyl (C=O) groups is 1. The van der Waals surface area contributed by atoms with Gasteiger partial charge in [-0.15, -0.1) is 0 Å². The Hall–Kier alpha value is -2.21. The highest BCUT2D eigenvalue weighted by Gasteiger charge is 2.03. The summed E-state index contributed by atoms with van der Waals surface area (Å²) in [6.45, 7) is 0.420. The van der Waals surface area contributed by atoms with Crippen molar-refractivity contribution < 1.29 is 14.8 Å². The molecule has 0 aliphatic heterocycles. The number of benzene rings is 1. The van der Waals surface area contributed by atoms with Gasteiger partial charge in [-0.2, -0.15) is 0 Å². The van der Waals surface area contributed by atoms with Gasteiger partial charge in [0.1, 0.15) is 0 Å². The molecule has 0 aliphatic rings. The zero-order valence-corrected chi connectivity index (χ0v) is 9.70. The van der Waals surface area contributed by atoms with E-state index in [0.29, 0.717) is 18.5 Å². The van der Waals surface area contributed by atoms with Crippen molar-refractivity contribution in [3.63, 3.8) is 0 Å². The fourth-order valence-corrected chi connectivity index (χ4v) is 1.26. The fourth-order valence-electron chi connectivity index (χ4n) is 1.26. The average molecular weight is 250 g/mol. The van der Waals surface area contributed by atoms with Crippen molar-refractivity contribution in [2.45, 2.75) is 6.42 Å². The molecule has 1 amide bonds. The van der Waals surface area contributed by atoms with Gasteiger partial charge in [-0.3, -0.25) is 14.9 Å². The van der Waals surface area contributed by atoms with Crippen molar-refractivity contribution in [3.8, 4) is 0 Å². The minimum atomic E-state index is -0.487. The molecule has 1 aromatic rings. The molecule has 1 rings (SSSR count). The number of hydrogen-bond acceptors (Lipinski definition) is 4. The van der Waals surface area contributed by atoms with E-state index >= 15 is 0 Å². The molecular formula is C12H14N2O4. The van der Waals surface area contributed by atoms with E-state index < -0.39 is 4.92 Å². The molecule has 6 nitrogen and oxygen atoms in total. The second-order valence-corrected chi connectivity index (χ2v) is 3.55. The van der Waals surface area contributed by atoms with Crippen LogP contribution in [0.3, 0.4) is 0 Å². The minimum Gasteiger partial charge on any atom is -0.396 e. The maximum atomic E-state index is 11.3. The first-order chi connectivity index (χ1) is 8.63. The minimum absolute atomic E-state index is 0.0159. The normalized spacial score (nSPS) is 10.5. The Bertz CT molecular complexity index is 457. The van der Waals surface area contributed by atoms with E-state index in [0.717, 1.165) is 0 Å². The van der Waals surface area contributed by atoms with Gasteiger partial charge < -0.3 is 10.4 Å². The van der Waals surface area contributed by atoms with Crippen LogP contribution < -0.4 is 5.32 Å². The molecule has 0 aliphatic carbocycles. The molecule has 0 spiro atoms. The summed E-state index contributed by atoms with van der Waals surface area (Å²) in [4.78, 5) is 21.4. The van der Waals surface area contributed by atoms with Crippen molar-refractivity contribution >= 4 is 17.7 Å². The average Bonchev–Trinajstić information content (AvgIpc) is 2.37. The Morgan fingerprint density at radius 3 is 2.94 bits per heavy atom. The molecule has 0 aromatic heterocycles. The van der Waals surface area contributed by atoms with Crippen LogP contribution in [0.15, 0.2) is 30.3 Å². The summed E-state index contributed by atoms with van der Waals surface area (Å²) >= 11 is 0. The van der Waals surface area contributed by atoms with Crippen LogP contribution in [-0.4, -0.2) is 29.1 Å². The van der Waals surface area contributed by atoms with Crippen molar-refractivity contribution in [1.29, 1.82) is 0 Å². The highest BCUT2D eigenvalue weighted by molar-refractivity contribution is 5.91. The van der Waals surface area contributed by atoms with E-state index in [4.69, 9.17) is 5.11 Å². The number of hydrogen-bond donors (Lipinski definition) is 2. The van der Waals surface area contributed by atoms with Crippen LogP contribution in [0.4, 0.5) is 5.69 Å². The largest absolute Gasteiger partial charge is 0.396 e. The van der Waals surface area contributed by atoms with Crippen LogP contribution in [0.2, 0.25) is 0 Å². The zero-order chi connectivity index (χ0) is 13.4. The van der Waals surface area contributed by atoms with Gasteiger partial charge in [-0.1, -0.05) is 12.1 Å². The first-order valence-electron chi connectivity index (χ1n) is 5.44. The number of carbonyl (C=O) groups excluding carboxylic acids is 1. The Kier molecular flexibility index (Phi) is 5.53. The lowest BCUT2D eigenvalue weighted by Crippen LogP contribution is -2.22. The lowest BCUT2D eigenvalue weighted by atomic mass is 10.2. The Labute approximate surface area is 104 Å². The maximum Gasteiger partial charge on any atom is 0.270 e. The van der Waals surface area contributed by atoms with E-state index in [1.807, 2.05) is 0 Å². The molecule has 6 heteroatoms. The quantitative estimate of drug-likeness (QED) is 0.342. The van der Waals surface area contributed by atoms with E-state index in [2.05, 4.69) is 5.32 Å². The van der Waals surface area contributed by atoms with Crippen LogP contribution in [-0.2, 0) is 4.79 Å². The standard InChI is InChI=1S/C12H14N2O4/c15-8-2-7-13-12(16)6-5-10-3-1-4-11(9-10)14(17)18/h1,3-6,9,15H,2,7-8H2,(H,13,16)/b6-5+. The molecule has 0 bridgehead atoms. The Morgan fingerprint density at radius 1 is 1.50 bits per heavy atom. The predicted octanol–water partition coefficient (Wildman–Crippen LogP) is 1.11. The first-order valence-corrected chi connectivity index (χ1v) is 5.44. The van der Waals surface area contributed by atoms with Crippen LogP contribution in [0.5, 0.6) is 0 Å². The monoisotopic (exact) mass is 250 g/mol. The van der Waals surface area contributed by atoms with Gasteiger partial charge in [-0.25, -0.2) is 0 Å². The Morgan fingerprint density at radius 2 is 2.28 bits per heavy atom. The molecule has 18 heavy (non-hydrogen) atoms. The zero-order valence-electron chi connectivity index (χ0n) is 9.70. The molecule has 0 radical (unpaired) electrons. The van der Waals surface area contributed by atoms with E-state index in [-0.39, 0.29) is 18.2 Å². The van der Waals surface area contributed by atoms with Crippen molar-refractivity contribution in [2.75, 3.05) is 13.2 Å². The fraction of sp³-hybridized carbons (Fsp3) is 0.250. The molecule has 2 N–H and O–H groups in total. The smallest absolute Gasteiger partial charge is 0.270 e. The van der Waals surface area contributed by atoms with Crippen molar-refractivity contribution in [3.05, 3.63) is 46.0 Å². The summed E-state index contributed by atoms with van der Waals surface area (Å²) in [5.41, 5.74) is 0.569. The van der Waals surface area contributed by atoms with Gasteiger partial charge in [0.15, 0.2) is 0 Å². The molecule has 0 saturated carbocycles. The summed E-state index contributed by atoms with van der Waals surface area (Å²) in [5, 5.41) is 21.7. The number of nitrogens with one attached hydrogen (secondary N) is 1. The number of aliphatic hydroxyl groups excluding tert-OH is 1. The third-order valence-corrected chi connectivity index (χ3v) is 2.14. The summed E-state index contributed by atoms with van der Waals surface area (Å²) in [5.74, 6) is -0.296. The highest BCUT2D eigenvalue weighted by atomic mass is 16.6. The third-order valence-electron chi connectivity index (χ3n) is 2.14. The summed E-state index contributed by atoms with van der Waals surface area (Å²) < 4.78 is 0. The van der Waals surface area contributed by atoms with Crippen LogP contribution in [0.25, 0.3) is 6.08 Å². The van der Waals surface area contributed by atoms with Gasteiger partial charge in [0.05, 0.1) is 4.92 Å². The molecule has 0 atom stereocenters. The highest BCUT2D eigenvalue weighted by Crippen LogP contribution is 2.13. The van der Waals surface area contributed by atoms with Gasteiger partial charge in [0.2, 0.25) is 5.91 Å². The number of aliphatic hydroxyl groups is 1. The lowest BCUT2D eigenvalue weighted by molar-refractivity contribution is -0.384. The van der Waals surface area contributed by atoms with E-state index in [1.54, 1.807) is 12.1 Å². The molecular weight excluding hydrogens is 236 g/mol. The van der Waals surface area contributed by atoms with Gasteiger partial charge >= 0.3 is 0 Å². The van der Waals surface area contributed by atoms with Crippen LogP contribution in [0, 0.1) is 10.1 Å². The number of amides is 1. The predicted molar refractivity (Wildman–Crippen MR) is 66.8 cm³/mol. The molecule has 0 heterocycles. The lowest BCUT2D eigenvalue weighted by Gasteiger charge is -1.99. The Balaban J connectivity index is 2.58. The van der Waals surface area contributed by atoms with Crippen LogP contribution in [0.1, 0.15) is 12.0 Å². The van der Waals surface area contributed by atoms with Crippen LogP contribution >= 0.6 is 0 Å². The topological polar surface area (TPSA) is 92.5 Å². The van der Waals surface area contributed by atoms with Gasteiger partial charge in [0.25, 0.3) is 5.69 Å². The van der Waals surface area contributed by atoms with Crippen molar-refractivity contribution in [2.24, 2.45) is 0 Å². The second-order valence-electron chi connectivity index (χ2n) is 3.55. The van der Waals surface area contributed by atoms with Gasteiger partial charge in [-0.05, 0) is 18.1 Å². The van der Waals surface area contributed by atoms with E-state index in [1.165, 1.54) is 24.3 Å². The maximum absolute atomic E-state index is 11.3. The number of nitro benzene ring substituents is 1. The number of rotatable bonds is 6. The first kappa shape index (κ1) is 13.9. The number of nitro groups is 1. The second kappa shape index (κ2) is 7.18. The van der Waals surface area contributed by atoms with E-state index in [9.17, 15) is 14.9 Å². The van der Waals surface area contributed by atoms with Gasteiger partial charge in [0, 0.05) is 31.4 Å². The molecule has 0 saturated heterocycles. The summed E-state index contributed by atoms with van der Waals surface area (Å²) in [6, 6.07) is 6.00. The molecule has 96 valence electrons. The SMILES string of the molecule is O=C(/C=C/c1cccc([N+](=O)[O-])c1)NCCCO. The molecule has 1 aromatic carbocycles. The molecule has 0 unspecified atom stereocenters. The summed E-state index contributed by atoms with van der Waals surface area (Å²) in [6.07, 6.45) is 3.30. The number of nitrogens with zero attached hydrogens (tertiary/aromatic N) is 1.